The fourth-order valence-corrected chi connectivity index (χ4v) is 2.69. The largest absolute Gasteiger partial charge is 0.493 e. The first-order valence-corrected chi connectivity index (χ1v) is 9.05. The number of halogens is 1. The van der Waals surface area contributed by atoms with Crippen molar-refractivity contribution in [3.05, 3.63) is 64.1 Å². The molecular weight excluding hydrogens is 412 g/mol. The molecule has 0 radical (unpaired) electrons. The molecule has 0 aromatic heterocycles. The minimum atomic E-state index is -0.256. The monoisotopic (exact) mass is 432 g/mol. The number of hydrogen-bond acceptors (Lipinski definition) is 4. The molecule has 0 atom stereocenters. The number of hydrogen-bond donors (Lipinski definition) is 2. The maximum Gasteiger partial charge on any atom is 0.251 e. The Morgan fingerprint density at radius 3 is 2.41 bits per heavy atom. The summed E-state index contributed by atoms with van der Waals surface area (Å²) in [5.41, 5.74) is 1.36. The van der Waals surface area contributed by atoms with Gasteiger partial charge < -0.3 is 20.1 Å². The first-order chi connectivity index (χ1) is 13.0. The van der Waals surface area contributed by atoms with Crippen LogP contribution in [0.1, 0.15) is 15.9 Å². The second-order valence-electron chi connectivity index (χ2n) is 5.47. The molecule has 0 unspecified atom stereocenters. The van der Waals surface area contributed by atoms with Gasteiger partial charge in [-0.1, -0.05) is 34.1 Å². The summed E-state index contributed by atoms with van der Waals surface area (Å²) in [6, 6.07) is 12.5. The van der Waals surface area contributed by atoms with Crippen LogP contribution in [-0.2, 0) is 4.79 Å². The van der Waals surface area contributed by atoms with Gasteiger partial charge >= 0.3 is 0 Å². The number of carbonyl (C=O) groups is 2. The van der Waals surface area contributed by atoms with Crippen LogP contribution in [0, 0.1) is 0 Å². The molecular formula is C20H21BrN2O4. The molecule has 0 aliphatic carbocycles. The van der Waals surface area contributed by atoms with Crippen LogP contribution in [0.4, 0.5) is 0 Å². The zero-order valence-corrected chi connectivity index (χ0v) is 16.7. The molecule has 0 spiro atoms. The van der Waals surface area contributed by atoms with E-state index in [0.717, 1.165) is 10.0 Å². The fourth-order valence-electron chi connectivity index (χ4n) is 2.28. The van der Waals surface area contributed by atoms with Gasteiger partial charge in [-0.25, -0.2) is 0 Å². The molecule has 2 aromatic rings. The number of rotatable bonds is 8. The van der Waals surface area contributed by atoms with Crippen LogP contribution in [0.2, 0.25) is 0 Å². The van der Waals surface area contributed by atoms with Gasteiger partial charge in [0.1, 0.15) is 0 Å². The standard InChI is InChI=1S/C20H21BrN2O4/c1-26-17-9-7-15(13-18(17)27-2)20(25)23-12-11-22-19(24)10-8-14-5-3-4-6-16(14)21/h3-10,13H,11-12H2,1-2H3,(H,22,24)(H,23,25)/b10-8+. The summed E-state index contributed by atoms with van der Waals surface area (Å²) >= 11 is 3.42. The van der Waals surface area contributed by atoms with Crippen molar-refractivity contribution >= 4 is 33.8 Å². The van der Waals surface area contributed by atoms with Crippen LogP contribution < -0.4 is 20.1 Å². The Balaban J connectivity index is 1.78. The van der Waals surface area contributed by atoms with E-state index in [1.54, 1.807) is 24.3 Å². The predicted octanol–water partition coefficient (Wildman–Crippen LogP) is 3.03. The Morgan fingerprint density at radius 1 is 1.00 bits per heavy atom. The highest BCUT2D eigenvalue weighted by molar-refractivity contribution is 9.10. The Labute approximate surface area is 166 Å². The number of amides is 2. The third kappa shape index (κ3) is 6.14. The first kappa shape index (κ1) is 20.5. The van der Waals surface area contributed by atoms with Gasteiger partial charge in [-0.05, 0) is 35.9 Å². The minimum absolute atomic E-state index is 0.230. The number of benzene rings is 2. The lowest BCUT2D eigenvalue weighted by molar-refractivity contribution is -0.116. The van der Waals surface area contributed by atoms with Gasteiger partial charge in [-0.2, -0.15) is 0 Å². The van der Waals surface area contributed by atoms with E-state index in [4.69, 9.17) is 9.47 Å². The molecule has 0 saturated heterocycles. The number of ether oxygens (including phenoxy) is 2. The Kier molecular flexibility index (Phi) is 7.88. The van der Waals surface area contributed by atoms with Crippen LogP contribution in [0.15, 0.2) is 53.0 Å². The second-order valence-corrected chi connectivity index (χ2v) is 6.33. The number of methoxy groups -OCH3 is 2. The summed E-state index contributed by atoms with van der Waals surface area (Å²) in [4.78, 5) is 24.0. The van der Waals surface area contributed by atoms with E-state index in [0.29, 0.717) is 30.2 Å². The van der Waals surface area contributed by atoms with E-state index in [2.05, 4.69) is 26.6 Å². The molecule has 7 heteroatoms. The molecule has 2 N–H and O–H groups in total. The molecule has 0 bridgehead atoms. The highest BCUT2D eigenvalue weighted by Crippen LogP contribution is 2.27. The molecule has 2 amide bonds. The quantitative estimate of drug-likeness (QED) is 0.496. The van der Waals surface area contributed by atoms with Crippen LogP contribution in [0.3, 0.4) is 0 Å². The van der Waals surface area contributed by atoms with E-state index >= 15 is 0 Å². The minimum Gasteiger partial charge on any atom is -0.493 e. The molecule has 2 rings (SSSR count). The summed E-state index contributed by atoms with van der Waals surface area (Å²) in [7, 11) is 3.04. The molecule has 0 aliphatic heterocycles. The van der Waals surface area contributed by atoms with E-state index in [-0.39, 0.29) is 11.8 Å². The van der Waals surface area contributed by atoms with E-state index in [1.807, 2.05) is 24.3 Å². The van der Waals surface area contributed by atoms with Crippen molar-refractivity contribution in [2.45, 2.75) is 0 Å². The van der Waals surface area contributed by atoms with E-state index in [9.17, 15) is 9.59 Å². The smallest absolute Gasteiger partial charge is 0.251 e. The molecule has 0 aliphatic rings. The maximum atomic E-state index is 12.2. The van der Waals surface area contributed by atoms with Crippen molar-refractivity contribution in [2.24, 2.45) is 0 Å². The molecule has 0 fully saturated rings. The maximum absolute atomic E-state index is 12.2. The molecule has 2 aromatic carbocycles. The zero-order chi connectivity index (χ0) is 19.6. The van der Waals surface area contributed by atoms with Crippen molar-refractivity contribution in [3.8, 4) is 11.5 Å². The lowest BCUT2D eigenvalue weighted by Gasteiger charge is -2.10. The summed E-state index contributed by atoms with van der Waals surface area (Å²) < 4.78 is 11.2. The predicted molar refractivity (Wildman–Crippen MR) is 108 cm³/mol. The van der Waals surface area contributed by atoms with Crippen molar-refractivity contribution in [1.82, 2.24) is 10.6 Å². The van der Waals surface area contributed by atoms with E-state index < -0.39 is 0 Å². The molecule has 27 heavy (non-hydrogen) atoms. The average Bonchev–Trinajstić information content (AvgIpc) is 2.69. The van der Waals surface area contributed by atoms with Gasteiger partial charge in [0.25, 0.3) is 5.91 Å². The van der Waals surface area contributed by atoms with Crippen molar-refractivity contribution in [1.29, 1.82) is 0 Å². The molecule has 142 valence electrons. The zero-order valence-electron chi connectivity index (χ0n) is 15.1. The molecule has 0 saturated carbocycles. The summed E-state index contributed by atoms with van der Waals surface area (Å²) in [6.45, 7) is 0.625. The van der Waals surface area contributed by atoms with E-state index in [1.165, 1.54) is 20.3 Å². The van der Waals surface area contributed by atoms with Crippen molar-refractivity contribution in [3.63, 3.8) is 0 Å². The van der Waals surface area contributed by atoms with Gasteiger partial charge in [-0.15, -0.1) is 0 Å². The number of carbonyl (C=O) groups excluding carboxylic acids is 2. The normalized spacial score (nSPS) is 10.5. The lowest BCUT2D eigenvalue weighted by atomic mass is 10.2. The van der Waals surface area contributed by atoms with Gasteiger partial charge in [-0.3, -0.25) is 9.59 Å². The number of nitrogens with one attached hydrogen (secondary N) is 2. The van der Waals surface area contributed by atoms with Gasteiger partial charge in [0.05, 0.1) is 14.2 Å². The van der Waals surface area contributed by atoms with Crippen LogP contribution >= 0.6 is 15.9 Å². The van der Waals surface area contributed by atoms with Gasteiger partial charge in [0.15, 0.2) is 11.5 Å². The van der Waals surface area contributed by atoms with Crippen LogP contribution in [0.5, 0.6) is 11.5 Å². The third-order valence-corrected chi connectivity index (χ3v) is 4.40. The SMILES string of the molecule is COc1ccc(C(=O)NCCNC(=O)/C=C/c2ccccc2Br)cc1OC. The van der Waals surface area contributed by atoms with Gasteiger partial charge in [0, 0.05) is 29.2 Å². The van der Waals surface area contributed by atoms with Crippen molar-refractivity contribution < 1.29 is 19.1 Å². The lowest BCUT2D eigenvalue weighted by Crippen LogP contribution is -2.34. The Morgan fingerprint density at radius 2 is 1.70 bits per heavy atom. The van der Waals surface area contributed by atoms with Crippen LogP contribution in [0.25, 0.3) is 6.08 Å². The summed E-state index contributed by atoms with van der Waals surface area (Å²) in [6.07, 6.45) is 3.18. The summed E-state index contributed by atoms with van der Waals surface area (Å²) in [5.74, 6) is 0.550. The third-order valence-electron chi connectivity index (χ3n) is 3.68. The van der Waals surface area contributed by atoms with Gasteiger partial charge in [0.2, 0.25) is 5.91 Å². The highest BCUT2D eigenvalue weighted by atomic mass is 79.9. The Hall–Kier alpha value is -2.80. The highest BCUT2D eigenvalue weighted by Gasteiger charge is 2.10. The summed E-state index contributed by atoms with van der Waals surface area (Å²) in [5, 5.41) is 5.46. The van der Waals surface area contributed by atoms with Crippen molar-refractivity contribution in [2.75, 3.05) is 27.3 Å². The Bertz CT molecular complexity index is 836. The fraction of sp³-hybridized carbons (Fsp3) is 0.200. The molecule has 0 heterocycles. The average molecular weight is 433 g/mol. The first-order valence-electron chi connectivity index (χ1n) is 8.26. The molecule has 6 nitrogen and oxygen atoms in total. The topological polar surface area (TPSA) is 76.7 Å². The second kappa shape index (κ2) is 10.4. The van der Waals surface area contributed by atoms with Crippen LogP contribution in [-0.4, -0.2) is 39.1 Å².